The summed E-state index contributed by atoms with van der Waals surface area (Å²) >= 11 is 0. The van der Waals surface area contributed by atoms with Gasteiger partial charge in [0.2, 0.25) is 17.7 Å². The van der Waals surface area contributed by atoms with E-state index in [1.54, 1.807) is 11.6 Å². The molecule has 2 atom stereocenters. The standard InChI is InChI=1S/C52H62N8O5/c1-34-14-19-39(55-40-32-53-33-40)31-44(34)50(63)54-35(2)41-20-18-38(42-11-5-6-12-43(41)42)17-15-36-24-28-59(29-25-36)27-8-7-13-49(62)57(3)26-9-10-37-16-21-45-47(30-37)58(4)52(65)60(45)46-22-23-48(61)56-51(46)64/h5-6,11-12,14,16,18-21,30-31,35-36,40,46,53,55H,7-10,13,22-29,32-33H2,1-4H3,(H,54,63)(H,56,61,64)/t35-,46?/m1/s1. The average Bonchev–Trinajstić information content (AvgIpc) is 3.53. The number of carbonyl (C=O) groups is 4. The van der Waals surface area contributed by atoms with Gasteiger partial charge in [0.25, 0.3) is 5.91 Å². The Hall–Kier alpha value is -6.23. The van der Waals surface area contributed by atoms with Crippen LogP contribution in [0.1, 0.15) is 103 Å². The molecule has 8 rings (SSSR count). The molecule has 3 aliphatic heterocycles. The van der Waals surface area contributed by atoms with Crippen LogP contribution in [-0.2, 0) is 27.9 Å². The zero-order valence-electron chi connectivity index (χ0n) is 38.2. The first-order valence-electron chi connectivity index (χ1n) is 23.4. The van der Waals surface area contributed by atoms with E-state index in [-0.39, 0.29) is 35.9 Å². The summed E-state index contributed by atoms with van der Waals surface area (Å²) in [6.07, 6.45) is 6.46. The van der Waals surface area contributed by atoms with Gasteiger partial charge in [0, 0.05) is 69.3 Å². The van der Waals surface area contributed by atoms with Gasteiger partial charge in [-0.05, 0) is 136 Å². The predicted octanol–water partition coefficient (Wildman–Crippen LogP) is 5.98. The second-order valence-electron chi connectivity index (χ2n) is 18.2. The van der Waals surface area contributed by atoms with E-state index in [9.17, 15) is 24.0 Å². The summed E-state index contributed by atoms with van der Waals surface area (Å²) < 4.78 is 3.05. The number of hydrogen-bond acceptors (Lipinski definition) is 8. The number of fused-ring (bicyclic) bond motifs is 2. The molecule has 1 unspecified atom stereocenters. The van der Waals surface area contributed by atoms with E-state index in [4.69, 9.17) is 0 Å². The number of amides is 4. The summed E-state index contributed by atoms with van der Waals surface area (Å²) in [6, 6.07) is 23.9. The molecule has 13 nitrogen and oxygen atoms in total. The average molecular weight is 879 g/mol. The lowest BCUT2D eigenvalue weighted by molar-refractivity contribution is -0.135. The fraction of sp³-hybridized carbons (Fsp3) is 0.442. The number of anilines is 1. The fourth-order valence-electron chi connectivity index (χ4n) is 9.47. The summed E-state index contributed by atoms with van der Waals surface area (Å²) in [5.41, 5.74) is 6.86. The first-order chi connectivity index (χ1) is 31.4. The van der Waals surface area contributed by atoms with E-state index in [2.05, 4.69) is 62.3 Å². The van der Waals surface area contributed by atoms with Crippen LogP contribution in [-0.4, -0.2) is 94.9 Å². The smallest absolute Gasteiger partial charge is 0.329 e. The normalized spacial score (nSPS) is 17.6. The van der Waals surface area contributed by atoms with Gasteiger partial charge < -0.3 is 25.8 Å². The quantitative estimate of drug-likeness (QED) is 0.0571. The van der Waals surface area contributed by atoms with Crippen molar-refractivity contribution in [1.29, 1.82) is 0 Å². The summed E-state index contributed by atoms with van der Waals surface area (Å²) in [4.78, 5) is 68.2. The second kappa shape index (κ2) is 20.3. The van der Waals surface area contributed by atoms with Crippen LogP contribution in [0.15, 0.2) is 77.6 Å². The third-order valence-electron chi connectivity index (χ3n) is 13.6. The Kier molecular flexibility index (Phi) is 14.2. The molecule has 1 aromatic heterocycles. The third-order valence-corrected chi connectivity index (χ3v) is 13.6. The minimum Gasteiger partial charge on any atom is -0.380 e. The van der Waals surface area contributed by atoms with E-state index in [0.717, 1.165) is 115 Å². The van der Waals surface area contributed by atoms with E-state index in [0.29, 0.717) is 42.4 Å². The van der Waals surface area contributed by atoms with E-state index < -0.39 is 11.9 Å². The van der Waals surface area contributed by atoms with Crippen molar-refractivity contribution in [1.82, 2.24) is 34.9 Å². The number of benzene rings is 4. The highest BCUT2D eigenvalue weighted by atomic mass is 16.2. The van der Waals surface area contributed by atoms with Gasteiger partial charge in [0.05, 0.1) is 23.1 Å². The molecule has 4 aromatic carbocycles. The molecule has 3 aliphatic rings. The van der Waals surface area contributed by atoms with Crippen LogP contribution in [0.4, 0.5) is 5.69 Å². The van der Waals surface area contributed by atoms with Crippen LogP contribution in [0.5, 0.6) is 0 Å². The van der Waals surface area contributed by atoms with Crippen LogP contribution in [0.2, 0.25) is 0 Å². The molecule has 65 heavy (non-hydrogen) atoms. The Morgan fingerprint density at radius 2 is 1.69 bits per heavy atom. The van der Waals surface area contributed by atoms with Crippen LogP contribution in [0, 0.1) is 24.7 Å². The number of aryl methyl sites for hydroxylation is 3. The van der Waals surface area contributed by atoms with Crippen molar-refractivity contribution in [3.05, 3.63) is 111 Å². The zero-order chi connectivity index (χ0) is 45.6. The van der Waals surface area contributed by atoms with Crippen LogP contribution < -0.4 is 27.0 Å². The second-order valence-corrected chi connectivity index (χ2v) is 18.2. The minimum absolute atomic E-state index is 0.0824. The van der Waals surface area contributed by atoms with Crippen molar-refractivity contribution in [2.75, 3.05) is 51.6 Å². The van der Waals surface area contributed by atoms with E-state index in [1.807, 2.05) is 74.3 Å². The first kappa shape index (κ1) is 45.3. The number of nitrogens with zero attached hydrogens (tertiary/aromatic N) is 4. The molecule has 5 aromatic rings. The molecule has 0 spiro atoms. The minimum atomic E-state index is -0.707. The summed E-state index contributed by atoms with van der Waals surface area (Å²) in [6.45, 7) is 9.51. The van der Waals surface area contributed by atoms with Crippen molar-refractivity contribution in [2.24, 2.45) is 13.0 Å². The van der Waals surface area contributed by atoms with Gasteiger partial charge in [-0.1, -0.05) is 54.3 Å². The summed E-state index contributed by atoms with van der Waals surface area (Å²) in [5, 5.41) is 14.6. The monoisotopic (exact) mass is 878 g/mol. The molecule has 3 fully saturated rings. The molecular weight excluding hydrogens is 817 g/mol. The number of rotatable bonds is 15. The van der Waals surface area contributed by atoms with Gasteiger partial charge in [-0.3, -0.25) is 33.6 Å². The topological polar surface area (TPSA) is 150 Å². The Balaban J connectivity index is 0.759. The predicted molar refractivity (Wildman–Crippen MR) is 256 cm³/mol. The highest BCUT2D eigenvalue weighted by Crippen LogP contribution is 2.29. The first-order valence-corrected chi connectivity index (χ1v) is 23.4. The lowest BCUT2D eigenvalue weighted by Crippen LogP contribution is -2.51. The molecule has 4 amide bonds. The van der Waals surface area contributed by atoms with Crippen LogP contribution in [0.3, 0.4) is 0 Å². The molecule has 0 radical (unpaired) electrons. The third kappa shape index (κ3) is 10.5. The fourth-order valence-corrected chi connectivity index (χ4v) is 9.47. The maximum absolute atomic E-state index is 13.5. The van der Waals surface area contributed by atoms with Gasteiger partial charge in [0.15, 0.2) is 0 Å². The molecular formula is C52H62N8O5. The maximum atomic E-state index is 13.5. The number of nitrogens with one attached hydrogen (secondary N) is 4. The number of imidazole rings is 1. The lowest BCUT2D eigenvalue weighted by Gasteiger charge is -2.29. The van der Waals surface area contributed by atoms with Crippen molar-refractivity contribution in [2.45, 2.75) is 89.8 Å². The van der Waals surface area contributed by atoms with Gasteiger partial charge in [0.1, 0.15) is 6.04 Å². The van der Waals surface area contributed by atoms with Gasteiger partial charge in [-0.25, -0.2) is 4.79 Å². The molecule has 4 heterocycles. The summed E-state index contributed by atoms with van der Waals surface area (Å²) in [5.74, 6) is 6.77. The molecule has 340 valence electrons. The van der Waals surface area contributed by atoms with Crippen LogP contribution >= 0.6 is 0 Å². The largest absolute Gasteiger partial charge is 0.380 e. The van der Waals surface area contributed by atoms with Crippen LogP contribution in [0.25, 0.3) is 21.8 Å². The molecule has 0 aliphatic carbocycles. The number of unbranched alkanes of at least 4 members (excludes halogenated alkanes) is 1. The Morgan fingerprint density at radius 3 is 2.45 bits per heavy atom. The summed E-state index contributed by atoms with van der Waals surface area (Å²) in [7, 11) is 3.57. The number of hydrogen-bond donors (Lipinski definition) is 4. The van der Waals surface area contributed by atoms with Crippen molar-refractivity contribution in [3.8, 4) is 11.8 Å². The van der Waals surface area contributed by atoms with Gasteiger partial charge >= 0.3 is 5.69 Å². The lowest BCUT2D eigenvalue weighted by atomic mass is 9.94. The number of piperidine rings is 2. The highest BCUT2D eigenvalue weighted by Gasteiger charge is 2.31. The number of aromatic nitrogens is 2. The Bertz CT molecular complexity index is 2710. The van der Waals surface area contributed by atoms with Crippen molar-refractivity contribution < 1.29 is 19.2 Å². The number of likely N-dealkylation sites (tertiary alicyclic amines) is 1. The van der Waals surface area contributed by atoms with E-state index in [1.165, 1.54) is 4.57 Å². The number of carbonyl (C=O) groups excluding carboxylic acids is 4. The SMILES string of the molecule is Cc1ccc(NC2CNC2)cc1C(=O)N[C@H](C)c1ccc(C#CC2CCN(CCCCC(=O)N(C)CCCc3ccc4c(c3)n(C)c(=O)n4C3CCC(=O)NC3=O)CC2)c2ccccc12. The zero-order valence-corrected chi connectivity index (χ0v) is 38.2. The van der Waals surface area contributed by atoms with Crippen molar-refractivity contribution in [3.63, 3.8) is 0 Å². The van der Waals surface area contributed by atoms with E-state index >= 15 is 0 Å². The van der Waals surface area contributed by atoms with Gasteiger partial charge in [-0.2, -0.15) is 0 Å². The molecule has 4 N–H and O–H groups in total. The molecule has 13 heteroatoms. The maximum Gasteiger partial charge on any atom is 0.329 e. The highest BCUT2D eigenvalue weighted by molar-refractivity contribution is 6.00. The molecule has 3 saturated heterocycles. The molecule has 0 saturated carbocycles. The van der Waals surface area contributed by atoms with Gasteiger partial charge in [-0.15, -0.1) is 0 Å². The number of imide groups is 1. The molecule has 0 bridgehead atoms. The Morgan fingerprint density at radius 1 is 0.908 bits per heavy atom. The van der Waals surface area contributed by atoms with Crippen molar-refractivity contribution >= 4 is 51.1 Å². The Labute approximate surface area is 381 Å².